The van der Waals surface area contributed by atoms with Crippen LogP contribution in [0.15, 0.2) is 61.1 Å². The predicted octanol–water partition coefficient (Wildman–Crippen LogP) is 7.00. The van der Waals surface area contributed by atoms with Crippen molar-refractivity contribution < 1.29 is 13.6 Å². The van der Waals surface area contributed by atoms with Gasteiger partial charge in [0.1, 0.15) is 17.2 Å². The fourth-order valence-electron chi connectivity index (χ4n) is 6.24. The van der Waals surface area contributed by atoms with Gasteiger partial charge in [0.05, 0.1) is 40.0 Å². The number of carbonyl (C=O) groups is 1. The SMILES string of the molecule is CN(C)CCNc1cc(F)cc(-c2cccc3[nH]c(-c4n[nH]c5cnc(-c6cncc(NC(=O)C7CCCCC7)c6)c(F)c45)nc23)c1. The van der Waals surface area contributed by atoms with Gasteiger partial charge >= 0.3 is 0 Å². The highest BCUT2D eigenvalue weighted by Gasteiger charge is 2.23. The van der Waals surface area contributed by atoms with Crippen LogP contribution in [0, 0.1) is 17.6 Å². The zero-order chi connectivity index (χ0) is 32.5. The molecule has 1 aliphatic rings. The molecule has 4 N–H and O–H groups in total. The number of halogens is 2. The summed E-state index contributed by atoms with van der Waals surface area (Å²) in [5.74, 6) is -0.673. The van der Waals surface area contributed by atoms with E-state index in [-0.39, 0.29) is 34.4 Å². The lowest BCUT2D eigenvalue weighted by molar-refractivity contribution is -0.120. The highest BCUT2D eigenvalue weighted by molar-refractivity contribution is 5.99. The van der Waals surface area contributed by atoms with Gasteiger partial charge in [0, 0.05) is 42.0 Å². The Morgan fingerprint density at radius 2 is 1.79 bits per heavy atom. The van der Waals surface area contributed by atoms with E-state index in [1.54, 1.807) is 12.3 Å². The summed E-state index contributed by atoms with van der Waals surface area (Å²) in [6.07, 6.45) is 9.58. The van der Waals surface area contributed by atoms with Crippen molar-refractivity contribution in [3.8, 4) is 33.9 Å². The van der Waals surface area contributed by atoms with Crippen molar-refractivity contribution in [2.24, 2.45) is 5.92 Å². The monoisotopic (exact) mass is 635 g/mol. The summed E-state index contributed by atoms with van der Waals surface area (Å²) in [5.41, 5.74) is 5.02. The van der Waals surface area contributed by atoms with Crippen molar-refractivity contribution in [3.63, 3.8) is 0 Å². The number of imidazole rings is 1. The minimum absolute atomic E-state index is 0.0239. The van der Waals surface area contributed by atoms with Gasteiger partial charge in [-0.1, -0.05) is 31.4 Å². The van der Waals surface area contributed by atoms with Crippen LogP contribution in [0.1, 0.15) is 32.1 Å². The number of amides is 1. The number of hydrogen-bond donors (Lipinski definition) is 4. The van der Waals surface area contributed by atoms with Crippen LogP contribution in [-0.4, -0.2) is 68.1 Å². The molecule has 4 heterocycles. The number of aromatic nitrogens is 6. The summed E-state index contributed by atoms with van der Waals surface area (Å²) in [6, 6.07) is 12.1. The number of para-hydroxylation sites is 1. The molecule has 10 nitrogen and oxygen atoms in total. The van der Waals surface area contributed by atoms with E-state index in [0.717, 1.165) is 44.2 Å². The molecule has 0 saturated heterocycles. The van der Waals surface area contributed by atoms with E-state index in [2.05, 4.69) is 35.8 Å². The highest BCUT2D eigenvalue weighted by Crippen LogP contribution is 2.36. The zero-order valence-corrected chi connectivity index (χ0v) is 26.2. The standard InChI is InChI=1S/C35H35F2N9O/c1-46(2)12-11-39-24-14-21(13-23(36)16-24)26-9-6-10-27-32(26)43-34(42-27)33-29-28(44-45-33)19-40-31(30(29)37)22-15-25(18-38-17-22)41-35(47)20-7-4-3-5-8-20/h6,9-10,13-20,39H,3-5,7-8,11-12H2,1-2H3,(H,41,47)(H,42,43)(H,44,45). The minimum atomic E-state index is -0.594. The molecule has 240 valence electrons. The van der Waals surface area contributed by atoms with Crippen LogP contribution < -0.4 is 10.6 Å². The van der Waals surface area contributed by atoms with Gasteiger partial charge in [0.25, 0.3) is 0 Å². The number of fused-ring (bicyclic) bond motifs is 2. The third-order valence-electron chi connectivity index (χ3n) is 8.63. The van der Waals surface area contributed by atoms with Gasteiger partial charge in [-0.25, -0.2) is 13.8 Å². The lowest BCUT2D eigenvalue weighted by Gasteiger charge is -2.20. The summed E-state index contributed by atoms with van der Waals surface area (Å²) in [7, 11) is 3.96. The molecule has 47 heavy (non-hydrogen) atoms. The van der Waals surface area contributed by atoms with Crippen molar-refractivity contribution in [1.29, 1.82) is 0 Å². The Hall–Kier alpha value is -5.23. The number of hydrogen-bond acceptors (Lipinski definition) is 7. The van der Waals surface area contributed by atoms with Crippen molar-refractivity contribution >= 4 is 39.2 Å². The molecule has 0 spiro atoms. The Morgan fingerprint density at radius 3 is 2.62 bits per heavy atom. The Kier molecular flexibility index (Phi) is 8.33. The van der Waals surface area contributed by atoms with Crippen LogP contribution in [0.4, 0.5) is 20.2 Å². The van der Waals surface area contributed by atoms with Crippen molar-refractivity contribution in [2.75, 3.05) is 37.8 Å². The third kappa shape index (κ3) is 6.28. The average Bonchev–Trinajstić information content (AvgIpc) is 3.70. The normalized spacial score (nSPS) is 13.9. The molecule has 1 amide bonds. The van der Waals surface area contributed by atoms with Gasteiger partial charge in [0.2, 0.25) is 5.91 Å². The molecular formula is C35H35F2N9O. The molecule has 0 aliphatic heterocycles. The van der Waals surface area contributed by atoms with Gasteiger partial charge in [-0.2, -0.15) is 5.10 Å². The van der Waals surface area contributed by atoms with Gasteiger partial charge < -0.3 is 20.5 Å². The quantitative estimate of drug-likeness (QED) is 0.135. The molecule has 2 aromatic carbocycles. The molecule has 7 rings (SSSR count). The molecule has 0 bridgehead atoms. The third-order valence-corrected chi connectivity index (χ3v) is 8.63. The Bertz CT molecular complexity index is 2080. The van der Waals surface area contributed by atoms with E-state index in [1.807, 2.05) is 43.3 Å². The van der Waals surface area contributed by atoms with E-state index in [1.165, 1.54) is 24.5 Å². The number of aromatic amines is 2. The average molecular weight is 636 g/mol. The first-order chi connectivity index (χ1) is 22.8. The lowest BCUT2D eigenvalue weighted by atomic mass is 9.88. The smallest absolute Gasteiger partial charge is 0.227 e. The van der Waals surface area contributed by atoms with E-state index in [0.29, 0.717) is 51.4 Å². The first-order valence-corrected chi connectivity index (χ1v) is 15.8. The molecule has 1 saturated carbocycles. The highest BCUT2D eigenvalue weighted by atomic mass is 19.1. The summed E-state index contributed by atoms with van der Waals surface area (Å²) < 4.78 is 31.1. The van der Waals surface area contributed by atoms with E-state index >= 15 is 4.39 Å². The van der Waals surface area contributed by atoms with E-state index in [9.17, 15) is 9.18 Å². The summed E-state index contributed by atoms with van der Waals surface area (Å²) >= 11 is 0. The molecule has 1 aliphatic carbocycles. The molecule has 0 radical (unpaired) electrons. The van der Waals surface area contributed by atoms with Gasteiger partial charge in [-0.15, -0.1) is 0 Å². The molecule has 6 aromatic rings. The molecule has 12 heteroatoms. The van der Waals surface area contributed by atoms with Crippen LogP contribution >= 0.6 is 0 Å². The summed E-state index contributed by atoms with van der Waals surface area (Å²) in [6.45, 7) is 1.46. The van der Waals surface area contributed by atoms with Gasteiger partial charge in [0.15, 0.2) is 11.6 Å². The second kappa shape index (κ2) is 12.9. The topological polar surface area (TPSA) is 128 Å². The van der Waals surface area contributed by atoms with Gasteiger partial charge in [-0.3, -0.25) is 19.9 Å². The second-order valence-corrected chi connectivity index (χ2v) is 12.3. The Morgan fingerprint density at radius 1 is 0.957 bits per heavy atom. The molecule has 0 atom stereocenters. The molecule has 0 unspecified atom stereocenters. The fraction of sp³-hybridized carbons (Fsp3) is 0.286. The maximum Gasteiger partial charge on any atom is 0.227 e. The number of pyridine rings is 2. The number of H-pyrrole nitrogens is 2. The van der Waals surface area contributed by atoms with Crippen LogP contribution in [-0.2, 0) is 4.79 Å². The van der Waals surface area contributed by atoms with Crippen LogP contribution in [0.5, 0.6) is 0 Å². The van der Waals surface area contributed by atoms with Crippen molar-refractivity contribution in [3.05, 3.63) is 72.7 Å². The van der Waals surface area contributed by atoms with Gasteiger partial charge in [-0.05, 0) is 62.8 Å². The number of nitrogens with one attached hydrogen (secondary N) is 4. The number of rotatable bonds is 9. The number of benzene rings is 2. The van der Waals surface area contributed by atoms with Crippen LogP contribution in [0.25, 0.3) is 55.8 Å². The first kappa shape index (κ1) is 30.4. The summed E-state index contributed by atoms with van der Waals surface area (Å²) in [4.78, 5) is 31.6. The zero-order valence-electron chi connectivity index (χ0n) is 26.2. The predicted molar refractivity (Wildman–Crippen MR) is 180 cm³/mol. The number of carbonyl (C=O) groups excluding carboxylic acids is 1. The van der Waals surface area contributed by atoms with Crippen molar-refractivity contribution in [1.82, 2.24) is 35.0 Å². The molecule has 4 aromatic heterocycles. The maximum atomic E-state index is 16.3. The van der Waals surface area contributed by atoms with E-state index < -0.39 is 5.82 Å². The Balaban J connectivity index is 1.22. The molecular weight excluding hydrogens is 600 g/mol. The number of nitrogens with zero attached hydrogens (tertiary/aromatic N) is 5. The first-order valence-electron chi connectivity index (χ1n) is 15.8. The number of anilines is 2. The van der Waals surface area contributed by atoms with Crippen molar-refractivity contribution in [2.45, 2.75) is 32.1 Å². The van der Waals surface area contributed by atoms with Crippen LogP contribution in [0.3, 0.4) is 0 Å². The Labute approximate surface area is 270 Å². The van der Waals surface area contributed by atoms with Crippen LogP contribution in [0.2, 0.25) is 0 Å². The fourth-order valence-corrected chi connectivity index (χ4v) is 6.24. The largest absolute Gasteiger partial charge is 0.384 e. The maximum absolute atomic E-state index is 16.3. The minimum Gasteiger partial charge on any atom is -0.384 e. The second-order valence-electron chi connectivity index (χ2n) is 12.3. The van der Waals surface area contributed by atoms with E-state index in [4.69, 9.17) is 4.98 Å². The molecule has 1 fully saturated rings. The lowest BCUT2D eigenvalue weighted by Crippen LogP contribution is -2.24. The summed E-state index contributed by atoms with van der Waals surface area (Å²) in [5, 5.41) is 13.7. The number of likely N-dealkylation sites (N-methyl/N-ethyl adjacent to an activating group) is 1.